The van der Waals surface area contributed by atoms with Crippen LogP contribution in [0.1, 0.15) is 11.1 Å². The second kappa shape index (κ2) is 9.41. The lowest BCUT2D eigenvalue weighted by atomic mass is 9.92. The maximum absolute atomic E-state index is 2.29. The molecule has 4 heteroatoms. The van der Waals surface area contributed by atoms with Crippen LogP contribution in [-0.2, 0) is 4.75 Å². The maximum atomic E-state index is 2.29. The molecule has 0 N–H and O–H groups in total. The van der Waals surface area contributed by atoms with Crippen LogP contribution in [0.15, 0.2) is 131 Å². The first-order valence-corrected chi connectivity index (χ1v) is 13.6. The molecule has 1 saturated heterocycles. The largest absolute Gasteiger partial charge is 0.163 e. The van der Waals surface area contributed by atoms with Crippen LogP contribution < -0.4 is 0 Å². The first kappa shape index (κ1) is 21.1. The second-order valence-corrected chi connectivity index (χ2v) is 14.1. The molecule has 1 aliphatic heterocycles. The quantitative estimate of drug-likeness (QED) is 0.256. The number of thioether (sulfide) groups is 4. The van der Waals surface area contributed by atoms with Gasteiger partial charge >= 0.3 is 0 Å². The zero-order valence-electron chi connectivity index (χ0n) is 16.9. The van der Waals surface area contributed by atoms with Gasteiger partial charge in [0.25, 0.3) is 0 Å². The first-order valence-electron chi connectivity index (χ1n) is 10.2. The molecule has 4 aromatic rings. The summed E-state index contributed by atoms with van der Waals surface area (Å²) in [6, 6.07) is 43.7. The monoisotopic (exact) mass is 474 g/mol. The van der Waals surface area contributed by atoms with Crippen LogP contribution >= 0.6 is 47.0 Å². The summed E-state index contributed by atoms with van der Waals surface area (Å²) in [5, 5.41) is 0. The highest BCUT2D eigenvalue weighted by Crippen LogP contribution is 2.72. The summed E-state index contributed by atoms with van der Waals surface area (Å²) >= 11 is 8.10. The summed E-state index contributed by atoms with van der Waals surface area (Å²) in [5.41, 5.74) is 2.76. The fraction of sp³-hybridized carbons (Fsp3) is 0.111. The Morgan fingerprint density at radius 3 is 1.32 bits per heavy atom. The molecule has 31 heavy (non-hydrogen) atoms. The van der Waals surface area contributed by atoms with Crippen LogP contribution in [0.3, 0.4) is 0 Å². The van der Waals surface area contributed by atoms with Crippen molar-refractivity contribution in [1.29, 1.82) is 0 Å². The highest BCUT2D eigenvalue weighted by molar-refractivity contribution is 8.49. The third-order valence-corrected chi connectivity index (χ3v) is 12.4. The van der Waals surface area contributed by atoms with Gasteiger partial charge in [0, 0.05) is 15.5 Å². The van der Waals surface area contributed by atoms with Crippen LogP contribution in [0, 0.1) is 0 Å². The van der Waals surface area contributed by atoms with E-state index in [0.717, 1.165) is 5.75 Å². The molecule has 0 unspecified atom stereocenters. The SMILES string of the molecule is c1ccc(SC2(Sc3ccccc3)SCC(c3ccccc3)(c3ccccc3)S2)cc1. The molecule has 1 aliphatic rings. The Balaban J connectivity index is 1.59. The summed E-state index contributed by atoms with van der Waals surface area (Å²) in [4.78, 5) is 2.62. The van der Waals surface area contributed by atoms with Crippen molar-refractivity contribution >= 4 is 47.0 Å². The lowest BCUT2D eigenvalue weighted by Gasteiger charge is -2.33. The third kappa shape index (κ3) is 4.58. The first-order chi connectivity index (χ1) is 15.3. The van der Waals surface area contributed by atoms with Crippen molar-refractivity contribution in [3.8, 4) is 0 Å². The van der Waals surface area contributed by atoms with E-state index in [9.17, 15) is 0 Å². The minimum Gasteiger partial charge on any atom is -0.120 e. The Bertz CT molecular complexity index is 1020. The zero-order chi connectivity index (χ0) is 21.0. The highest BCUT2D eigenvalue weighted by atomic mass is 32.3. The topological polar surface area (TPSA) is 0 Å². The van der Waals surface area contributed by atoms with Crippen LogP contribution in [-0.4, -0.2) is 8.50 Å². The lowest BCUT2D eigenvalue weighted by molar-refractivity contribution is 0.864. The lowest BCUT2D eigenvalue weighted by Crippen LogP contribution is -2.24. The molecule has 154 valence electrons. The average Bonchev–Trinajstić information content (AvgIpc) is 3.21. The fourth-order valence-corrected chi connectivity index (χ4v) is 11.7. The van der Waals surface area contributed by atoms with Crippen molar-refractivity contribution in [2.24, 2.45) is 0 Å². The number of rotatable bonds is 6. The standard InChI is InChI=1S/C27H22S4/c1-5-13-22(14-6-1)26(23-15-7-2-8-16-23)21-28-27(31-26,29-24-17-9-3-10-18-24)30-25-19-11-4-12-20-25/h1-20H,21H2. The van der Waals surface area contributed by atoms with E-state index in [1.165, 1.54) is 20.9 Å². The van der Waals surface area contributed by atoms with Gasteiger partial charge in [-0.25, -0.2) is 0 Å². The third-order valence-electron chi connectivity index (χ3n) is 5.20. The Hall–Kier alpha value is -1.72. The van der Waals surface area contributed by atoms with Gasteiger partial charge in [-0.1, -0.05) is 121 Å². The van der Waals surface area contributed by atoms with E-state index in [4.69, 9.17) is 0 Å². The Labute approximate surface area is 201 Å². The normalized spacial score (nSPS) is 16.8. The van der Waals surface area contributed by atoms with Crippen molar-refractivity contribution in [1.82, 2.24) is 0 Å². The summed E-state index contributed by atoms with van der Waals surface area (Å²) in [7, 11) is 0. The van der Waals surface area contributed by atoms with Gasteiger partial charge in [0.2, 0.25) is 0 Å². The number of benzene rings is 4. The van der Waals surface area contributed by atoms with Gasteiger partial charge in [0.05, 0.1) is 4.75 Å². The van der Waals surface area contributed by atoms with Crippen LogP contribution in [0.2, 0.25) is 0 Å². The Morgan fingerprint density at radius 1 is 0.516 bits per heavy atom. The van der Waals surface area contributed by atoms with Crippen LogP contribution in [0.5, 0.6) is 0 Å². The van der Waals surface area contributed by atoms with Crippen molar-refractivity contribution in [3.63, 3.8) is 0 Å². The van der Waals surface area contributed by atoms with Gasteiger partial charge in [-0.15, -0.1) is 23.5 Å². The minimum absolute atomic E-state index is 0.0866. The molecule has 1 fully saturated rings. The molecule has 0 saturated carbocycles. The van der Waals surface area contributed by atoms with Gasteiger partial charge in [-0.05, 0) is 35.4 Å². The summed E-state index contributed by atoms with van der Waals surface area (Å²) in [6.07, 6.45) is 0. The molecule has 0 aromatic heterocycles. The zero-order valence-corrected chi connectivity index (χ0v) is 20.2. The molecular formula is C27H22S4. The maximum Gasteiger partial charge on any atom is 0.163 e. The van der Waals surface area contributed by atoms with Crippen LogP contribution in [0.4, 0.5) is 0 Å². The molecule has 0 nitrogen and oxygen atoms in total. The van der Waals surface area contributed by atoms with E-state index in [0.29, 0.717) is 0 Å². The van der Waals surface area contributed by atoms with Gasteiger partial charge in [0.1, 0.15) is 0 Å². The second-order valence-electron chi connectivity index (χ2n) is 7.28. The van der Waals surface area contributed by atoms with E-state index in [2.05, 4.69) is 145 Å². The van der Waals surface area contributed by atoms with Gasteiger partial charge < -0.3 is 0 Å². The van der Waals surface area contributed by atoms with Crippen molar-refractivity contribution in [2.75, 3.05) is 5.75 Å². The van der Waals surface area contributed by atoms with Gasteiger partial charge in [0.15, 0.2) is 2.74 Å². The molecule has 0 radical (unpaired) electrons. The Kier molecular flexibility index (Phi) is 6.42. The molecule has 0 amide bonds. The predicted molar refractivity (Wildman–Crippen MR) is 141 cm³/mol. The van der Waals surface area contributed by atoms with Crippen molar-refractivity contribution in [3.05, 3.63) is 132 Å². The average molecular weight is 475 g/mol. The molecule has 5 rings (SSSR count). The molecule has 0 aliphatic carbocycles. The molecule has 1 heterocycles. The molecular weight excluding hydrogens is 453 g/mol. The fourth-order valence-electron chi connectivity index (χ4n) is 3.72. The van der Waals surface area contributed by atoms with Gasteiger partial charge in [-0.3, -0.25) is 0 Å². The summed E-state index contributed by atoms with van der Waals surface area (Å²) in [5.74, 6) is 1.03. The smallest absolute Gasteiger partial charge is 0.120 e. The van der Waals surface area contributed by atoms with Gasteiger partial charge in [-0.2, -0.15) is 0 Å². The molecule has 0 spiro atoms. The van der Waals surface area contributed by atoms with Crippen LogP contribution in [0.25, 0.3) is 0 Å². The molecule has 0 atom stereocenters. The van der Waals surface area contributed by atoms with E-state index >= 15 is 0 Å². The number of hydrogen-bond donors (Lipinski definition) is 0. The highest BCUT2D eigenvalue weighted by Gasteiger charge is 2.53. The van der Waals surface area contributed by atoms with Crippen molar-refractivity contribution in [2.45, 2.75) is 17.3 Å². The van der Waals surface area contributed by atoms with E-state index in [-0.39, 0.29) is 7.49 Å². The predicted octanol–water partition coefficient (Wildman–Crippen LogP) is 8.61. The molecule has 4 aromatic carbocycles. The van der Waals surface area contributed by atoms with E-state index < -0.39 is 0 Å². The van der Waals surface area contributed by atoms with Crippen molar-refractivity contribution < 1.29 is 0 Å². The Morgan fingerprint density at radius 2 is 0.903 bits per heavy atom. The summed E-state index contributed by atoms with van der Waals surface area (Å²) in [6.45, 7) is 0. The minimum atomic E-state index is -0.0889. The molecule has 0 bridgehead atoms. The number of hydrogen-bond acceptors (Lipinski definition) is 4. The van der Waals surface area contributed by atoms with E-state index in [1.54, 1.807) is 0 Å². The summed E-state index contributed by atoms with van der Waals surface area (Å²) < 4.78 is -0.175. The van der Waals surface area contributed by atoms with E-state index in [1.807, 2.05) is 23.5 Å².